The number of nitrogens with one attached hydrogen (secondary N) is 2. The van der Waals surface area contributed by atoms with Gasteiger partial charge in [0.15, 0.2) is 0 Å². The standard InChI is InChI=1S/C18H30N2O3/c1-6-16(14-8-10-15(22-5)11-9-14)19-12-7-13-20-17(21)23-18(2,3)4/h8-11,16,19H,6-7,12-13H2,1-5H3,(H,20,21). The molecule has 0 aromatic heterocycles. The maximum Gasteiger partial charge on any atom is 0.407 e. The second kappa shape index (κ2) is 9.40. The fourth-order valence-corrected chi connectivity index (χ4v) is 2.20. The first-order chi connectivity index (χ1) is 10.9. The number of methoxy groups -OCH3 is 1. The Labute approximate surface area is 139 Å². The number of hydrogen-bond donors (Lipinski definition) is 2. The molecule has 1 amide bonds. The van der Waals surface area contributed by atoms with E-state index in [1.165, 1.54) is 5.56 Å². The zero-order chi connectivity index (χ0) is 17.3. The zero-order valence-corrected chi connectivity index (χ0v) is 14.9. The maximum absolute atomic E-state index is 11.5. The average molecular weight is 322 g/mol. The van der Waals surface area contributed by atoms with Crippen LogP contribution in [0.5, 0.6) is 5.75 Å². The molecule has 0 saturated carbocycles. The minimum absolute atomic E-state index is 0.308. The van der Waals surface area contributed by atoms with Gasteiger partial charge in [0.25, 0.3) is 0 Å². The Hall–Kier alpha value is -1.75. The number of carbonyl (C=O) groups excluding carboxylic acids is 1. The van der Waals surface area contributed by atoms with Crippen LogP contribution in [0.15, 0.2) is 24.3 Å². The van der Waals surface area contributed by atoms with Gasteiger partial charge in [-0.1, -0.05) is 19.1 Å². The van der Waals surface area contributed by atoms with Crippen LogP contribution in [0.1, 0.15) is 52.1 Å². The van der Waals surface area contributed by atoms with Crippen LogP contribution in [-0.4, -0.2) is 31.9 Å². The van der Waals surface area contributed by atoms with Crippen molar-refractivity contribution in [2.75, 3.05) is 20.2 Å². The molecule has 1 rings (SSSR count). The summed E-state index contributed by atoms with van der Waals surface area (Å²) in [4.78, 5) is 11.5. The van der Waals surface area contributed by atoms with Gasteiger partial charge in [-0.15, -0.1) is 0 Å². The number of benzene rings is 1. The highest BCUT2D eigenvalue weighted by atomic mass is 16.6. The molecule has 0 bridgehead atoms. The van der Waals surface area contributed by atoms with Crippen molar-refractivity contribution >= 4 is 6.09 Å². The van der Waals surface area contributed by atoms with Gasteiger partial charge in [-0.05, 0) is 57.9 Å². The van der Waals surface area contributed by atoms with Gasteiger partial charge >= 0.3 is 6.09 Å². The van der Waals surface area contributed by atoms with E-state index in [1.54, 1.807) is 7.11 Å². The van der Waals surface area contributed by atoms with Crippen LogP contribution in [0.25, 0.3) is 0 Å². The van der Waals surface area contributed by atoms with E-state index in [1.807, 2.05) is 32.9 Å². The molecule has 23 heavy (non-hydrogen) atoms. The van der Waals surface area contributed by atoms with Gasteiger partial charge < -0.3 is 20.1 Å². The molecular weight excluding hydrogens is 292 g/mol. The summed E-state index contributed by atoms with van der Waals surface area (Å²) in [6.45, 7) is 9.15. The Morgan fingerprint density at radius 2 is 1.83 bits per heavy atom. The smallest absolute Gasteiger partial charge is 0.407 e. The summed E-state index contributed by atoms with van der Waals surface area (Å²) >= 11 is 0. The topological polar surface area (TPSA) is 59.6 Å². The highest BCUT2D eigenvalue weighted by Crippen LogP contribution is 2.19. The summed E-state index contributed by atoms with van der Waals surface area (Å²) in [5.41, 5.74) is 0.790. The van der Waals surface area contributed by atoms with E-state index in [0.717, 1.165) is 25.1 Å². The summed E-state index contributed by atoms with van der Waals surface area (Å²) in [6, 6.07) is 8.42. The lowest BCUT2D eigenvalue weighted by Gasteiger charge is -2.20. The predicted molar refractivity (Wildman–Crippen MR) is 92.9 cm³/mol. The van der Waals surface area contributed by atoms with Crippen molar-refractivity contribution in [3.05, 3.63) is 29.8 Å². The van der Waals surface area contributed by atoms with Crippen molar-refractivity contribution in [1.82, 2.24) is 10.6 Å². The third-order valence-electron chi connectivity index (χ3n) is 3.34. The predicted octanol–water partition coefficient (Wildman–Crippen LogP) is 3.65. The van der Waals surface area contributed by atoms with Crippen LogP contribution in [-0.2, 0) is 4.74 Å². The molecule has 1 aromatic carbocycles. The molecule has 0 aliphatic heterocycles. The van der Waals surface area contributed by atoms with Gasteiger partial charge in [-0.25, -0.2) is 4.79 Å². The average Bonchev–Trinajstić information content (AvgIpc) is 2.49. The van der Waals surface area contributed by atoms with Gasteiger partial charge in [0, 0.05) is 12.6 Å². The van der Waals surface area contributed by atoms with E-state index in [4.69, 9.17) is 9.47 Å². The molecule has 0 aliphatic rings. The molecule has 1 aromatic rings. The molecule has 1 unspecified atom stereocenters. The fourth-order valence-electron chi connectivity index (χ4n) is 2.20. The lowest BCUT2D eigenvalue weighted by atomic mass is 10.0. The third kappa shape index (κ3) is 7.88. The van der Waals surface area contributed by atoms with Crippen molar-refractivity contribution in [2.45, 2.75) is 52.2 Å². The van der Waals surface area contributed by atoms with Crippen LogP contribution in [0, 0.1) is 0 Å². The fraction of sp³-hybridized carbons (Fsp3) is 0.611. The van der Waals surface area contributed by atoms with Gasteiger partial charge in [0.2, 0.25) is 0 Å². The van der Waals surface area contributed by atoms with Crippen LogP contribution < -0.4 is 15.4 Å². The summed E-state index contributed by atoms with van der Waals surface area (Å²) in [6.07, 6.45) is 1.50. The normalized spacial score (nSPS) is 12.6. The van der Waals surface area contributed by atoms with Crippen LogP contribution >= 0.6 is 0 Å². The number of ether oxygens (including phenoxy) is 2. The van der Waals surface area contributed by atoms with Crippen molar-refractivity contribution in [3.8, 4) is 5.75 Å². The van der Waals surface area contributed by atoms with Crippen LogP contribution in [0.4, 0.5) is 4.79 Å². The molecule has 5 heteroatoms. The van der Waals surface area contributed by atoms with E-state index in [9.17, 15) is 4.79 Å². The first kappa shape index (κ1) is 19.3. The van der Waals surface area contributed by atoms with E-state index >= 15 is 0 Å². The second-order valence-electron chi connectivity index (χ2n) is 6.47. The van der Waals surface area contributed by atoms with E-state index < -0.39 is 5.60 Å². The van der Waals surface area contributed by atoms with Gasteiger partial charge in [0.05, 0.1) is 7.11 Å². The molecule has 1 atom stereocenters. The number of rotatable bonds is 8. The molecule has 130 valence electrons. The van der Waals surface area contributed by atoms with Crippen molar-refractivity contribution in [3.63, 3.8) is 0 Å². The van der Waals surface area contributed by atoms with Crippen LogP contribution in [0.2, 0.25) is 0 Å². The number of carbonyl (C=O) groups is 1. The Kier molecular flexibility index (Phi) is 7.89. The summed E-state index contributed by atoms with van der Waals surface area (Å²) in [7, 11) is 1.67. The van der Waals surface area contributed by atoms with Crippen LogP contribution in [0.3, 0.4) is 0 Å². The highest BCUT2D eigenvalue weighted by molar-refractivity contribution is 5.67. The minimum Gasteiger partial charge on any atom is -0.497 e. The Morgan fingerprint density at radius 1 is 1.17 bits per heavy atom. The third-order valence-corrected chi connectivity index (χ3v) is 3.34. The monoisotopic (exact) mass is 322 g/mol. The van der Waals surface area contributed by atoms with Crippen molar-refractivity contribution in [2.24, 2.45) is 0 Å². The maximum atomic E-state index is 11.5. The van der Waals surface area contributed by atoms with E-state index in [2.05, 4.69) is 29.7 Å². The number of alkyl carbamates (subject to hydrolysis) is 1. The largest absolute Gasteiger partial charge is 0.497 e. The molecule has 2 N–H and O–H groups in total. The molecule has 0 spiro atoms. The molecule has 0 radical (unpaired) electrons. The minimum atomic E-state index is -0.454. The summed E-state index contributed by atoms with van der Waals surface area (Å²) < 4.78 is 10.4. The van der Waals surface area contributed by atoms with Crippen molar-refractivity contribution < 1.29 is 14.3 Å². The first-order valence-electron chi connectivity index (χ1n) is 8.20. The summed E-state index contributed by atoms with van der Waals surface area (Å²) in [5.74, 6) is 0.866. The zero-order valence-electron chi connectivity index (χ0n) is 14.9. The van der Waals surface area contributed by atoms with Crippen molar-refractivity contribution in [1.29, 1.82) is 0 Å². The first-order valence-corrected chi connectivity index (χ1v) is 8.20. The molecular formula is C18H30N2O3. The number of hydrogen-bond acceptors (Lipinski definition) is 4. The SMILES string of the molecule is CCC(NCCCNC(=O)OC(C)(C)C)c1ccc(OC)cc1. The Morgan fingerprint density at radius 3 is 2.35 bits per heavy atom. The quantitative estimate of drug-likeness (QED) is 0.717. The lowest BCUT2D eigenvalue weighted by molar-refractivity contribution is 0.0527. The molecule has 5 nitrogen and oxygen atoms in total. The molecule has 0 fully saturated rings. The Balaban J connectivity index is 2.28. The molecule has 0 saturated heterocycles. The highest BCUT2D eigenvalue weighted by Gasteiger charge is 2.15. The van der Waals surface area contributed by atoms with Gasteiger partial charge in [-0.3, -0.25) is 0 Å². The Bertz CT molecular complexity index is 466. The molecule has 0 heterocycles. The second-order valence-corrected chi connectivity index (χ2v) is 6.47. The summed E-state index contributed by atoms with van der Waals surface area (Å²) in [5, 5.41) is 6.28. The molecule has 0 aliphatic carbocycles. The lowest BCUT2D eigenvalue weighted by Crippen LogP contribution is -2.34. The van der Waals surface area contributed by atoms with E-state index in [-0.39, 0.29) is 6.09 Å². The number of amides is 1. The van der Waals surface area contributed by atoms with E-state index in [0.29, 0.717) is 12.6 Å². The van der Waals surface area contributed by atoms with Gasteiger partial charge in [0.1, 0.15) is 11.4 Å². The van der Waals surface area contributed by atoms with Gasteiger partial charge in [-0.2, -0.15) is 0 Å².